The van der Waals surface area contributed by atoms with Gasteiger partial charge in [0.25, 0.3) is 0 Å². The molecule has 7 nitrogen and oxygen atoms in total. The van der Waals surface area contributed by atoms with Gasteiger partial charge >= 0.3 is 6.09 Å². The van der Waals surface area contributed by atoms with Gasteiger partial charge in [0.15, 0.2) is 0 Å². The lowest BCUT2D eigenvalue weighted by Crippen LogP contribution is -2.14. The number of aryl methyl sites for hydroxylation is 1. The number of carbonyl (C=O) groups excluding carboxylic acids is 1. The lowest BCUT2D eigenvalue weighted by atomic mass is 10.1. The number of hydrogen-bond acceptors (Lipinski definition) is 5. The number of aromatic nitrogens is 3. The highest BCUT2D eigenvalue weighted by molar-refractivity contribution is 9.10. The molecule has 2 rings (SSSR count). The van der Waals surface area contributed by atoms with E-state index in [2.05, 4.69) is 30.7 Å². The van der Waals surface area contributed by atoms with Gasteiger partial charge in [-0.2, -0.15) is 5.10 Å². The molecule has 0 aliphatic heterocycles. The number of nitrogens with two attached hydrogens (primary N) is 1. The first-order chi connectivity index (χ1) is 10.6. The number of unbranched alkanes of at least 4 members (excludes halogenated alkanes) is 1. The van der Waals surface area contributed by atoms with Crippen molar-refractivity contribution in [1.29, 1.82) is 0 Å². The molecule has 0 aliphatic rings. The highest BCUT2D eigenvalue weighted by Gasteiger charge is 2.10. The van der Waals surface area contributed by atoms with Gasteiger partial charge in [-0.3, -0.25) is 4.68 Å². The molecule has 0 fully saturated rings. The lowest BCUT2D eigenvalue weighted by molar-refractivity contribution is 0.151. The molecule has 0 radical (unpaired) electrons. The van der Waals surface area contributed by atoms with E-state index < -0.39 is 6.09 Å². The first-order valence-electron chi connectivity index (χ1n) is 6.77. The number of hydrogen-bond donors (Lipinski definition) is 1. The average Bonchev–Trinajstić information content (AvgIpc) is 2.89. The highest BCUT2D eigenvalue weighted by atomic mass is 79.9. The van der Waals surface area contributed by atoms with Crippen molar-refractivity contribution in [2.45, 2.75) is 12.8 Å². The first-order valence-corrected chi connectivity index (χ1v) is 7.56. The van der Waals surface area contributed by atoms with Crippen LogP contribution >= 0.6 is 15.9 Å². The Balaban J connectivity index is 1.95. The van der Waals surface area contributed by atoms with Gasteiger partial charge in [0.2, 0.25) is 5.88 Å². The quantitative estimate of drug-likeness (QED) is 0.598. The molecule has 0 saturated heterocycles. The number of amides is 1. The van der Waals surface area contributed by atoms with Gasteiger partial charge in [-0.05, 0) is 40.9 Å². The van der Waals surface area contributed by atoms with Crippen LogP contribution in [-0.4, -0.2) is 34.1 Å². The third kappa shape index (κ3) is 4.73. The highest BCUT2D eigenvalue weighted by Crippen LogP contribution is 2.29. The summed E-state index contributed by atoms with van der Waals surface area (Å²) in [5.74, 6) is 0.540. The van der Waals surface area contributed by atoms with Crippen molar-refractivity contribution in [3.05, 3.63) is 29.1 Å². The molecule has 2 N–H and O–H groups in total. The molecule has 0 aliphatic carbocycles. The van der Waals surface area contributed by atoms with E-state index in [1.807, 2.05) is 25.4 Å². The summed E-state index contributed by atoms with van der Waals surface area (Å²) in [5.41, 5.74) is 6.70. The Morgan fingerprint density at radius 3 is 2.82 bits per heavy atom. The molecule has 0 saturated carbocycles. The zero-order chi connectivity index (χ0) is 15.9. The Bertz CT molecular complexity index is 645. The second-order valence-electron chi connectivity index (χ2n) is 4.61. The second-order valence-corrected chi connectivity index (χ2v) is 5.42. The van der Waals surface area contributed by atoms with Crippen LogP contribution in [0.2, 0.25) is 0 Å². The molecule has 2 aromatic rings. The second kappa shape index (κ2) is 7.79. The molecule has 22 heavy (non-hydrogen) atoms. The Kier molecular flexibility index (Phi) is 5.76. The summed E-state index contributed by atoms with van der Waals surface area (Å²) in [6.07, 6.45) is 4.32. The fraction of sp³-hybridized carbons (Fsp3) is 0.357. The molecule has 2 aromatic heterocycles. The maximum absolute atomic E-state index is 10.4. The molecule has 0 unspecified atom stereocenters. The molecule has 8 heteroatoms. The minimum Gasteiger partial charge on any atom is -0.477 e. The van der Waals surface area contributed by atoms with Crippen molar-refractivity contribution >= 4 is 22.0 Å². The standard InChI is InChI=1S/C14H17BrN4O3/c1-19-9-10(8-17-19)11-4-5-12(15)18-13(11)21-6-2-3-7-22-14(16)20/h4-5,8-9H,2-3,6-7H2,1H3,(H2,16,20). The van der Waals surface area contributed by atoms with Crippen LogP contribution in [-0.2, 0) is 11.8 Å². The van der Waals surface area contributed by atoms with E-state index in [1.165, 1.54) is 0 Å². The minimum atomic E-state index is -0.756. The van der Waals surface area contributed by atoms with Crippen LogP contribution in [0.1, 0.15) is 12.8 Å². The molecule has 118 valence electrons. The van der Waals surface area contributed by atoms with Crippen molar-refractivity contribution in [2.24, 2.45) is 12.8 Å². The van der Waals surface area contributed by atoms with Gasteiger partial charge < -0.3 is 15.2 Å². The molecular weight excluding hydrogens is 352 g/mol. The molecule has 0 spiro atoms. The summed E-state index contributed by atoms with van der Waals surface area (Å²) in [4.78, 5) is 14.8. The predicted molar refractivity (Wildman–Crippen MR) is 84.4 cm³/mol. The fourth-order valence-electron chi connectivity index (χ4n) is 1.85. The van der Waals surface area contributed by atoms with Gasteiger partial charge in [-0.15, -0.1) is 0 Å². The van der Waals surface area contributed by atoms with E-state index >= 15 is 0 Å². The van der Waals surface area contributed by atoms with E-state index in [-0.39, 0.29) is 0 Å². The van der Waals surface area contributed by atoms with Crippen LogP contribution in [0, 0.1) is 0 Å². The third-order valence-corrected chi connectivity index (χ3v) is 3.31. The zero-order valence-electron chi connectivity index (χ0n) is 12.2. The number of halogens is 1. The van der Waals surface area contributed by atoms with Crippen LogP contribution in [0.15, 0.2) is 29.1 Å². The maximum Gasteiger partial charge on any atom is 0.404 e. The Labute approximate surface area is 136 Å². The van der Waals surface area contributed by atoms with E-state index in [0.717, 1.165) is 17.5 Å². The van der Waals surface area contributed by atoms with E-state index in [1.54, 1.807) is 10.9 Å². The summed E-state index contributed by atoms with van der Waals surface area (Å²) in [6, 6.07) is 3.79. The van der Waals surface area contributed by atoms with Gasteiger partial charge in [0, 0.05) is 24.4 Å². The minimum absolute atomic E-state index is 0.292. The summed E-state index contributed by atoms with van der Waals surface area (Å²) in [7, 11) is 1.86. The van der Waals surface area contributed by atoms with Gasteiger partial charge in [-0.1, -0.05) is 0 Å². The fourth-order valence-corrected chi connectivity index (χ4v) is 2.15. The third-order valence-electron chi connectivity index (χ3n) is 2.86. The topological polar surface area (TPSA) is 92.3 Å². The number of primary amides is 1. The number of carbonyl (C=O) groups is 1. The van der Waals surface area contributed by atoms with E-state index in [9.17, 15) is 4.79 Å². The molecular formula is C14H17BrN4O3. The van der Waals surface area contributed by atoms with E-state index in [0.29, 0.717) is 30.1 Å². The Morgan fingerprint density at radius 2 is 2.14 bits per heavy atom. The van der Waals surface area contributed by atoms with Gasteiger partial charge in [0.1, 0.15) is 4.60 Å². The van der Waals surface area contributed by atoms with Crippen LogP contribution in [0.5, 0.6) is 5.88 Å². The molecule has 2 heterocycles. The summed E-state index contributed by atoms with van der Waals surface area (Å²) < 4.78 is 12.8. The summed E-state index contributed by atoms with van der Waals surface area (Å²) in [5, 5.41) is 4.16. The Hall–Kier alpha value is -2.09. The number of ether oxygens (including phenoxy) is 2. The number of nitrogens with zero attached hydrogens (tertiary/aromatic N) is 3. The van der Waals surface area contributed by atoms with E-state index in [4.69, 9.17) is 10.5 Å². The average molecular weight is 369 g/mol. The molecule has 0 aromatic carbocycles. The van der Waals surface area contributed by atoms with Crippen molar-refractivity contribution in [2.75, 3.05) is 13.2 Å². The SMILES string of the molecule is Cn1cc(-c2ccc(Br)nc2OCCCCOC(N)=O)cn1. The summed E-state index contributed by atoms with van der Waals surface area (Å²) >= 11 is 3.34. The lowest BCUT2D eigenvalue weighted by Gasteiger charge is -2.10. The van der Waals surface area contributed by atoms with Crippen LogP contribution < -0.4 is 10.5 Å². The largest absolute Gasteiger partial charge is 0.477 e. The molecule has 0 atom stereocenters. The van der Waals surface area contributed by atoms with Crippen LogP contribution in [0.4, 0.5) is 4.79 Å². The van der Waals surface area contributed by atoms with Crippen molar-refractivity contribution < 1.29 is 14.3 Å². The van der Waals surface area contributed by atoms with Crippen molar-refractivity contribution in [3.8, 4) is 17.0 Å². The molecule has 0 bridgehead atoms. The number of pyridine rings is 1. The maximum atomic E-state index is 10.4. The predicted octanol–water partition coefficient (Wildman–Crippen LogP) is 2.50. The Morgan fingerprint density at radius 1 is 1.36 bits per heavy atom. The normalized spacial score (nSPS) is 10.5. The van der Waals surface area contributed by atoms with Crippen LogP contribution in [0.25, 0.3) is 11.1 Å². The van der Waals surface area contributed by atoms with Crippen molar-refractivity contribution in [3.63, 3.8) is 0 Å². The monoisotopic (exact) mass is 368 g/mol. The summed E-state index contributed by atoms with van der Waals surface area (Å²) in [6.45, 7) is 0.763. The van der Waals surface area contributed by atoms with Gasteiger partial charge in [-0.25, -0.2) is 9.78 Å². The van der Waals surface area contributed by atoms with Crippen LogP contribution in [0.3, 0.4) is 0 Å². The zero-order valence-corrected chi connectivity index (χ0v) is 13.7. The number of rotatable bonds is 7. The molecule has 1 amide bonds. The smallest absolute Gasteiger partial charge is 0.404 e. The van der Waals surface area contributed by atoms with Crippen molar-refractivity contribution in [1.82, 2.24) is 14.8 Å². The van der Waals surface area contributed by atoms with Gasteiger partial charge in [0.05, 0.1) is 19.4 Å². The first kappa shape index (κ1) is 16.3.